The van der Waals surface area contributed by atoms with E-state index in [9.17, 15) is 13.2 Å². The maximum Gasteiger partial charge on any atom is 0.410 e. The lowest BCUT2D eigenvalue weighted by Gasteiger charge is -2.34. The van der Waals surface area contributed by atoms with E-state index in [0.29, 0.717) is 29.7 Å². The van der Waals surface area contributed by atoms with E-state index in [2.05, 4.69) is 15.3 Å². The van der Waals surface area contributed by atoms with Gasteiger partial charge in [-0.3, -0.25) is 0 Å². The molecule has 226 valence electrons. The Labute approximate surface area is 252 Å². The maximum absolute atomic E-state index is 14.0. The summed E-state index contributed by atoms with van der Waals surface area (Å²) >= 11 is 0. The van der Waals surface area contributed by atoms with Crippen LogP contribution < -0.4 is 10.1 Å². The summed E-state index contributed by atoms with van der Waals surface area (Å²) in [4.78, 5) is 23.9. The van der Waals surface area contributed by atoms with Crippen molar-refractivity contribution in [3.63, 3.8) is 0 Å². The first kappa shape index (κ1) is 30.1. The number of nitrogens with one attached hydrogen (secondary N) is 1. The highest BCUT2D eigenvalue weighted by molar-refractivity contribution is 7.90. The van der Waals surface area contributed by atoms with E-state index in [1.54, 1.807) is 42.5 Å². The normalized spacial score (nSPS) is 15.7. The third-order valence-electron chi connectivity index (χ3n) is 7.30. The van der Waals surface area contributed by atoms with E-state index in [0.717, 1.165) is 22.4 Å². The zero-order chi connectivity index (χ0) is 30.9. The van der Waals surface area contributed by atoms with E-state index in [1.165, 1.54) is 10.3 Å². The summed E-state index contributed by atoms with van der Waals surface area (Å²) < 4.78 is 40.1. The fourth-order valence-corrected chi connectivity index (χ4v) is 6.27. The van der Waals surface area contributed by atoms with Crippen LogP contribution in [-0.4, -0.2) is 58.6 Å². The third kappa shape index (κ3) is 6.36. The maximum atomic E-state index is 14.0. The third-order valence-corrected chi connectivity index (χ3v) is 8.96. The number of ether oxygens (including phenoxy) is 2. The highest BCUT2D eigenvalue weighted by Crippen LogP contribution is 2.36. The number of rotatable bonds is 7. The van der Waals surface area contributed by atoms with Gasteiger partial charge in [-0.1, -0.05) is 35.9 Å². The predicted molar refractivity (Wildman–Crippen MR) is 167 cm³/mol. The fourth-order valence-electron chi connectivity index (χ4n) is 4.95. The molecule has 0 bridgehead atoms. The highest BCUT2D eigenvalue weighted by Gasteiger charge is 2.32. The van der Waals surface area contributed by atoms with Crippen molar-refractivity contribution in [1.82, 2.24) is 18.8 Å². The highest BCUT2D eigenvalue weighted by atomic mass is 32.2. The molecule has 0 radical (unpaired) electrons. The average Bonchev–Trinajstić information content (AvgIpc) is 3.37. The molecule has 0 fully saturated rings. The molecular formula is C32H37N5O5S. The molecule has 10 nitrogen and oxygen atoms in total. The van der Waals surface area contributed by atoms with Crippen LogP contribution in [0.25, 0.3) is 16.6 Å². The minimum atomic E-state index is -4.00. The van der Waals surface area contributed by atoms with Crippen LogP contribution in [0, 0.1) is 6.92 Å². The molecule has 2 aromatic heterocycles. The van der Waals surface area contributed by atoms with Crippen LogP contribution in [0.4, 0.5) is 10.6 Å². The minimum absolute atomic E-state index is 0.0906. The Kier molecular flexibility index (Phi) is 8.20. The number of amides is 1. The van der Waals surface area contributed by atoms with Gasteiger partial charge in [0.2, 0.25) is 0 Å². The number of anilines is 1. The molecule has 11 heteroatoms. The molecule has 43 heavy (non-hydrogen) atoms. The number of carbonyl (C=O) groups excluding carboxylic acids is 1. The zero-order valence-electron chi connectivity index (χ0n) is 25.3. The summed E-state index contributed by atoms with van der Waals surface area (Å²) in [5, 5.41) is 3.93. The number of hydrogen-bond donors (Lipinski definition) is 1. The zero-order valence-corrected chi connectivity index (χ0v) is 26.1. The second kappa shape index (κ2) is 11.7. The molecule has 0 saturated carbocycles. The Balaban J connectivity index is 1.61. The van der Waals surface area contributed by atoms with Gasteiger partial charge in [-0.2, -0.15) is 0 Å². The van der Waals surface area contributed by atoms with Gasteiger partial charge in [-0.25, -0.2) is 27.2 Å². The summed E-state index contributed by atoms with van der Waals surface area (Å²) in [5.74, 6) is 1.24. The summed E-state index contributed by atoms with van der Waals surface area (Å²) in [6, 6.07) is 14.3. The summed E-state index contributed by atoms with van der Waals surface area (Å²) in [7, 11) is -2.39. The molecule has 1 atom stereocenters. The Morgan fingerprint density at radius 3 is 2.42 bits per heavy atom. The van der Waals surface area contributed by atoms with Gasteiger partial charge in [0, 0.05) is 30.9 Å². The van der Waals surface area contributed by atoms with Crippen molar-refractivity contribution >= 4 is 38.5 Å². The number of methoxy groups -OCH3 is 1. The minimum Gasteiger partial charge on any atom is -0.497 e. The number of hydrogen-bond acceptors (Lipinski definition) is 8. The molecule has 0 aliphatic carbocycles. The lowest BCUT2D eigenvalue weighted by atomic mass is 9.98. The fraction of sp³-hybridized carbons (Fsp3) is 0.344. The van der Waals surface area contributed by atoms with Crippen LogP contribution in [0.2, 0.25) is 0 Å². The second-order valence-corrected chi connectivity index (χ2v) is 13.5. The summed E-state index contributed by atoms with van der Waals surface area (Å²) in [6.07, 6.45) is 5.14. The summed E-state index contributed by atoms with van der Waals surface area (Å²) in [5.41, 5.74) is 2.95. The van der Waals surface area contributed by atoms with Gasteiger partial charge in [0.1, 0.15) is 23.5 Å². The first-order valence-electron chi connectivity index (χ1n) is 14.1. The van der Waals surface area contributed by atoms with Crippen molar-refractivity contribution in [2.24, 2.45) is 0 Å². The molecule has 1 N–H and O–H groups in total. The second-order valence-electron chi connectivity index (χ2n) is 11.7. The SMILES string of the molecule is COc1ccc(CNc2ncnc3c2c(C2=CCC(C)N(C(=O)OC(C)(C)C)C2)cn3S(=O)(=O)c2ccc(C)cc2)cc1. The number of carbonyl (C=O) groups is 1. The van der Waals surface area contributed by atoms with Crippen LogP contribution in [0.15, 0.2) is 72.0 Å². The largest absolute Gasteiger partial charge is 0.497 e. The molecule has 2 aromatic carbocycles. The topological polar surface area (TPSA) is 116 Å². The average molecular weight is 604 g/mol. The van der Waals surface area contributed by atoms with Gasteiger partial charge in [-0.05, 0) is 76.4 Å². The van der Waals surface area contributed by atoms with E-state index >= 15 is 0 Å². The number of aromatic nitrogens is 3. The van der Waals surface area contributed by atoms with Crippen molar-refractivity contribution in [3.8, 4) is 5.75 Å². The molecule has 1 aliphatic rings. The molecule has 0 spiro atoms. The monoisotopic (exact) mass is 603 g/mol. The molecule has 1 amide bonds. The molecular weight excluding hydrogens is 566 g/mol. The van der Waals surface area contributed by atoms with Gasteiger partial charge in [0.25, 0.3) is 10.0 Å². The van der Waals surface area contributed by atoms with E-state index in [4.69, 9.17) is 9.47 Å². The Morgan fingerprint density at radius 1 is 1.07 bits per heavy atom. The van der Waals surface area contributed by atoms with Crippen molar-refractivity contribution in [2.75, 3.05) is 19.0 Å². The Morgan fingerprint density at radius 2 is 1.77 bits per heavy atom. The number of aryl methyl sites for hydroxylation is 1. The lowest BCUT2D eigenvalue weighted by molar-refractivity contribution is 0.0201. The van der Waals surface area contributed by atoms with Gasteiger partial charge in [0.05, 0.1) is 17.4 Å². The van der Waals surface area contributed by atoms with E-state index in [-0.39, 0.29) is 23.1 Å². The molecule has 1 aliphatic heterocycles. The standard InChI is InChI=1S/C32H37N5O5S/c1-21-7-15-26(16-8-21)43(39,40)37-19-27(24-12-9-22(2)36(18-24)31(38)42-32(3,4)5)28-29(34-20-35-30(28)37)33-17-23-10-13-25(41-6)14-11-23/h7-8,10-16,19-20,22H,9,17-18H2,1-6H3,(H,33,34,35). The van der Waals surface area contributed by atoms with Gasteiger partial charge < -0.3 is 19.7 Å². The molecule has 3 heterocycles. The number of nitrogens with zero attached hydrogens (tertiary/aromatic N) is 4. The first-order valence-corrected chi connectivity index (χ1v) is 15.6. The van der Waals surface area contributed by atoms with Crippen LogP contribution in [0.5, 0.6) is 5.75 Å². The van der Waals surface area contributed by atoms with Gasteiger partial charge in [0.15, 0.2) is 5.65 Å². The number of fused-ring (bicyclic) bond motifs is 1. The molecule has 0 saturated heterocycles. The number of benzene rings is 2. The quantitative estimate of drug-likeness (QED) is 0.273. The van der Waals surface area contributed by atoms with Crippen molar-refractivity contribution in [2.45, 2.75) is 64.1 Å². The van der Waals surface area contributed by atoms with Crippen LogP contribution in [0.1, 0.15) is 50.8 Å². The van der Waals surface area contributed by atoms with Crippen LogP contribution >= 0.6 is 0 Å². The van der Waals surface area contributed by atoms with Crippen molar-refractivity contribution in [1.29, 1.82) is 0 Å². The lowest BCUT2D eigenvalue weighted by Crippen LogP contribution is -2.44. The van der Waals surface area contributed by atoms with Crippen LogP contribution in [-0.2, 0) is 21.3 Å². The summed E-state index contributed by atoms with van der Waals surface area (Å²) in [6.45, 7) is 10.0. The predicted octanol–water partition coefficient (Wildman–Crippen LogP) is 6.01. The molecule has 1 unspecified atom stereocenters. The van der Waals surface area contributed by atoms with Gasteiger partial charge >= 0.3 is 6.09 Å². The smallest absolute Gasteiger partial charge is 0.410 e. The first-order chi connectivity index (χ1) is 20.4. The Hall–Kier alpha value is -4.38. The molecule has 4 aromatic rings. The molecule has 5 rings (SSSR count). The van der Waals surface area contributed by atoms with E-state index in [1.807, 2.05) is 65.0 Å². The van der Waals surface area contributed by atoms with Gasteiger partial charge in [-0.15, -0.1) is 0 Å². The van der Waals surface area contributed by atoms with Crippen molar-refractivity contribution in [3.05, 3.63) is 83.8 Å². The van der Waals surface area contributed by atoms with Crippen molar-refractivity contribution < 1.29 is 22.7 Å². The van der Waals surface area contributed by atoms with Crippen LogP contribution in [0.3, 0.4) is 0 Å². The van der Waals surface area contributed by atoms with E-state index < -0.39 is 21.7 Å². The Bertz CT molecular complexity index is 1770.